The second kappa shape index (κ2) is 6.85. The molecule has 0 aromatic carbocycles. The summed E-state index contributed by atoms with van der Waals surface area (Å²) < 4.78 is 0. The lowest BCUT2D eigenvalue weighted by molar-refractivity contribution is 0.127. The van der Waals surface area contributed by atoms with Gasteiger partial charge in [-0.05, 0) is 38.8 Å². The monoisotopic (exact) mass is 288 g/mol. The normalized spacial score (nSPS) is 22.5. The number of aliphatic hydroxyl groups is 1. The molecule has 1 aromatic rings. The van der Waals surface area contributed by atoms with Crippen LogP contribution >= 0.6 is 22.9 Å². The lowest BCUT2D eigenvalue weighted by atomic mass is 10.0. The smallest absolute Gasteiger partial charge is 0.0929 e. The molecule has 1 aromatic heterocycles. The number of rotatable bonds is 6. The van der Waals surface area contributed by atoms with Gasteiger partial charge in [0.15, 0.2) is 0 Å². The molecule has 0 spiro atoms. The van der Waals surface area contributed by atoms with Crippen LogP contribution in [-0.4, -0.2) is 40.7 Å². The molecule has 0 amide bonds. The largest absolute Gasteiger partial charge is 0.393 e. The number of nitrogens with zero attached hydrogens (tertiary/aromatic N) is 2. The van der Waals surface area contributed by atoms with Crippen molar-refractivity contribution in [2.45, 2.75) is 38.2 Å². The first-order chi connectivity index (χ1) is 8.69. The first-order valence-electron chi connectivity index (χ1n) is 6.58. The molecule has 102 valence electrons. The molecule has 0 saturated carbocycles. The minimum absolute atomic E-state index is 0.166. The average Bonchev–Trinajstić information content (AvgIpc) is 2.97. The number of thiazole rings is 1. The van der Waals surface area contributed by atoms with Crippen molar-refractivity contribution >= 4 is 22.9 Å². The number of aliphatic hydroxyl groups excluding tert-OH is 1. The summed E-state index contributed by atoms with van der Waals surface area (Å²) in [6.07, 6.45) is 3.14. The Bertz CT molecular complexity index is 370. The van der Waals surface area contributed by atoms with Crippen LogP contribution < -0.4 is 0 Å². The molecule has 18 heavy (non-hydrogen) atoms. The molecule has 1 saturated heterocycles. The standard InChI is InChI=1S/C13H21ClN2OS/c1-10(17)11-4-6-16(8-11)5-2-3-13-15-12(7-14)9-18-13/h9-11,17H,2-8H2,1H3. The van der Waals surface area contributed by atoms with Crippen LogP contribution in [0.2, 0.25) is 0 Å². The van der Waals surface area contributed by atoms with Crippen LogP contribution in [-0.2, 0) is 12.3 Å². The Balaban J connectivity index is 1.67. The van der Waals surface area contributed by atoms with Crippen LogP contribution in [0.4, 0.5) is 0 Å². The molecule has 0 radical (unpaired) electrons. The van der Waals surface area contributed by atoms with Gasteiger partial charge in [0.05, 0.1) is 22.7 Å². The molecule has 1 N–H and O–H groups in total. The predicted molar refractivity (Wildman–Crippen MR) is 76.2 cm³/mol. The van der Waals surface area contributed by atoms with Gasteiger partial charge in [0.25, 0.3) is 0 Å². The molecule has 1 aliphatic heterocycles. The predicted octanol–water partition coefficient (Wildman–Crippen LogP) is 2.52. The van der Waals surface area contributed by atoms with E-state index < -0.39 is 0 Å². The fraction of sp³-hybridized carbons (Fsp3) is 0.769. The molecule has 2 heterocycles. The van der Waals surface area contributed by atoms with Crippen LogP contribution in [0.15, 0.2) is 5.38 Å². The van der Waals surface area contributed by atoms with E-state index in [0.29, 0.717) is 11.8 Å². The van der Waals surface area contributed by atoms with E-state index in [1.807, 2.05) is 12.3 Å². The molecular weight excluding hydrogens is 268 g/mol. The van der Waals surface area contributed by atoms with E-state index in [1.165, 1.54) is 5.01 Å². The van der Waals surface area contributed by atoms with Gasteiger partial charge in [-0.15, -0.1) is 22.9 Å². The zero-order valence-corrected chi connectivity index (χ0v) is 12.4. The summed E-state index contributed by atoms with van der Waals surface area (Å²) in [7, 11) is 0. The van der Waals surface area contributed by atoms with Crippen molar-refractivity contribution in [1.82, 2.24) is 9.88 Å². The van der Waals surface area contributed by atoms with Gasteiger partial charge in [-0.25, -0.2) is 4.98 Å². The number of hydrogen-bond acceptors (Lipinski definition) is 4. The number of alkyl halides is 1. The number of likely N-dealkylation sites (tertiary alicyclic amines) is 1. The highest BCUT2D eigenvalue weighted by molar-refractivity contribution is 7.09. The zero-order valence-electron chi connectivity index (χ0n) is 10.8. The van der Waals surface area contributed by atoms with E-state index in [4.69, 9.17) is 11.6 Å². The number of hydrogen-bond donors (Lipinski definition) is 1. The van der Waals surface area contributed by atoms with Crippen molar-refractivity contribution in [3.8, 4) is 0 Å². The van der Waals surface area contributed by atoms with Gasteiger partial charge in [-0.2, -0.15) is 0 Å². The maximum absolute atomic E-state index is 9.56. The van der Waals surface area contributed by atoms with Gasteiger partial charge in [-0.1, -0.05) is 0 Å². The lowest BCUT2D eigenvalue weighted by Crippen LogP contribution is -2.25. The van der Waals surface area contributed by atoms with Gasteiger partial charge in [0.2, 0.25) is 0 Å². The molecule has 1 aliphatic rings. The lowest BCUT2D eigenvalue weighted by Gasteiger charge is -2.16. The van der Waals surface area contributed by atoms with Crippen molar-refractivity contribution in [1.29, 1.82) is 0 Å². The Labute approximate surface area is 118 Å². The number of halogens is 1. The Kier molecular flexibility index (Phi) is 5.42. The van der Waals surface area contributed by atoms with Gasteiger partial charge >= 0.3 is 0 Å². The van der Waals surface area contributed by atoms with E-state index in [2.05, 4.69) is 9.88 Å². The minimum Gasteiger partial charge on any atom is -0.393 e. The molecule has 2 atom stereocenters. The van der Waals surface area contributed by atoms with E-state index in [-0.39, 0.29) is 6.10 Å². The van der Waals surface area contributed by atoms with Crippen molar-refractivity contribution in [3.63, 3.8) is 0 Å². The van der Waals surface area contributed by atoms with E-state index in [1.54, 1.807) is 11.3 Å². The molecule has 3 nitrogen and oxygen atoms in total. The van der Waals surface area contributed by atoms with Crippen LogP contribution in [0.1, 0.15) is 30.5 Å². The van der Waals surface area contributed by atoms with Crippen LogP contribution in [0.25, 0.3) is 0 Å². The highest BCUT2D eigenvalue weighted by Gasteiger charge is 2.25. The van der Waals surface area contributed by atoms with Crippen molar-refractivity contribution in [2.75, 3.05) is 19.6 Å². The quantitative estimate of drug-likeness (QED) is 0.817. The summed E-state index contributed by atoms with van der Waals surface area (Å²) in [6, 6.07) is 0. The van der Waals surface area contributed by atoms with Crippen molar-refractivity contribution in [3.05, 3.63) is 16.1 Å². The molecule has 1 fully saturated rings. The average molecular weight is 289 g/mol. The minimum atomic E-state index is -0.166. The van der Waals surface area contributed by atoms with Gasteiger partial charge in [0, 0.05) is 18.3 Å². The summed E-state index contributed by atoms with van der Waals surface area (Å²) in [5, 5.41) is 12.8. The molecular formula is C13H21ClN2OS. The third kappa shape index (κ3) is 3.92. The molecule has 2 unspecified atom stereocenters. The molecule has 5 heteroatoms. The number of aryl methyl sites for hydroxylation is 1. The topological polar surface area (TPSA) is 36.4 Å². The molecule has 0 bridgehead atoms. The van der Waals surface area contributed by atoms with Gasteiger partial charge in [0.1, 0.15) is 0 Å². The summed E-state index contributed by atoms with van der Waals surface area (Å²) >= 11 is 7.44. The Morgan fingerprint density at radius 1 is 1.67 bits per heavy atom. The van der Waals surface area contributed by atoms with Crippen molar-refractivity contribution < 1.29 is 5.11 Å². The third-order valence-electron chi connectivity index (χ3n) is 3.59. The van der Waals surface area contributed by atoms with E-state index in [0.717, 1.165) is 44.6 Å². The van der Waals surface area contributed by atoms with Crippen LogP contribution in [0.5, 0.6) is 0 Å². The van der Waals surface area contributed by atoms with Crippen LogP contribution in [0.3, 0.4) is 0 Å². The Hall–Kier alpha value is -0.160. The highest BCUT2D eigenvalue weighted by atomic mass is 35.5. The fourth-order valence-corrected chi connectivity index (χ4v) is 3.51. The Morgan fingerprint density at radius 2 is 2.50 bits per heavy atom. The molecule has 2 rings (SSSR count). The first kappa shape index (κ1) is 14.3. The second-order valence-electron chi connectivity index (χ2n) is 5.06. The van der Waals surface area contributed by atoms with E-state index in [9.17, 15) is 5.11 Å². The summed E-state index contributed by atoms with van der Waals surface area (Å²) in [6.45, 7) is 5.18. The van der Waals surface area contributed by atoms with E-state index >= 15 is 0 Å². The van der Waals surface area contributed by atoms with Crippen LogP contribution in [0, 0.1) is 5.92 Å². The maximum Gasteiger partial charge on any atom is 0.0929 e. The molecule has 0 aliphatic carbocycles. The third-order valence-corrected chi connectivity index (χ3v) is 4.82. The number of aromatic nitrogens is 1. The highest BCUT2D eigenvalue weighted by Crippen LogP contribution is 2.20. The summed E-state index contributed by atoms with van der Waals surface area (Å²) in [5.41, 5.74) is 0.993. The Morgan fingerprint density at radius 3 is 3.11 bits per heavy atom. The fourth-order valence-electron chi connectivity index (χ4n) is 2.44. The first-order valence-corrected chi connectivity index (χ1v) is 8.00. The SMILES string of the molecule is CC(O)C1CCN(CCCc2nc(CCl)cs2)C1. The van der Waals surface area contributed by atoms with Crippen molar-refractivity contribution in [2.24, 2.45) is 5.92 Å². The summed E-state index contributed by atoms with van der Waals surface area (Å²) in [4.78, 5) is 6.92. The van der Waals surface area contributed by atoms with Gasteiger partial charge in [-0.3, -0.25) is 0 Å². The van der Waals surface area contributed by atoms with Gasteiger partial charge < -0.3 is 10.0 Å². The second-order valence-corrected chi connectivity index (χ2v) is 6.27. The summed E-state index contributed by atoms with van der Waals surface area (Å²) in [5.74, 6) is 0.978. The zero-order chi connectivity index (χ0) is 13.0. The maximum atomic E-state index is 9.56.